The summed E-state index contributed by atoms with van der Waals surface area (Å²) in [4.78, 5) is 25.7. The van der Waals surface area contributed by atoms with Gasteiger partial charge >= 0.3 is 0 Å². The molecule has 0 bridgehead atoms. The molecule has 24 heavy (non-hydrogen) atoms. The standard InChI is InChI=1S/C20H22N2O2/c1-2-19(23)22-13-5-8-18(22)20(24)21-12-11-15-9-10-16-6-3-4-7-17(16)14-15/h2-4,6-7,9-10,14,18H,1,5,8,11-13H2,(H,21,24). The topological polar surface area (TPSA) is 49.4 Å². The summed E-state index contributed by atoms with van der Waals surface area (Å²) in [7, 11) is 0. The lowest BCUT2D eigenvalue weighted by Crippen LogP contribution is -2.45. The van der Waals surface area contributed by atoms with Gasteiger partial charge < -0.3 is 10.2 Å². The van der Waals surface area contributed by atoms with Crippen LogP contribution >= 0.6 is 0 Å². The fourth-order valence-electron chi connectivity index (χ4n) is 3.26. The maximum atomic E-state index is 12.3. The van der Waals surface area contributed by atoms with Crippen molar-refractivity contribution in [1.82, 2.24) is 10.2 Å². The van der Waals surface area contributed by atoms with Crippen LogP contribution in [-0.4, -0.2) is 35.8 Å². The number of carbonyl (C=O) groups excluding carboxylic acids is 2. The van der Waals surface area contributed by atoms with E-state index < -0.39 is 0 Å². The second kappa shape index (κ2) is 7.30. The third-order valence-corrected chi connectivity index (χ3v) is 4.54. The Morgan fingerprint density at radius 2 is 2.00 bits per heavy atom. The van der Waals surface area contributed by atoms with Crippen LogP contribution in [0.25, 0.3) is 10.8 Å². The van der Waals surface area contributed by atoms with Crippen LogP contribution in [0.4, 0.5) is 0 Å². The highest BCUT2D eigenvalue weighted by Gasteiger charge is 2.32. The van der Waals surface area contributed by atoms with Crippen LogP contribution in [0, 0.1) is 0 Å². The Balaban J connectivity index is 1.56. The van der Waals surface area contributed by atoms with Crippen LogP contribution in [0.5, 0.6) is 0 Å². The minimum absolute atomic E-state index is 0.0662. The number of fused-ring (bicyclic) bond motifs is 1. The van der Waals surface area contributed by atoms with Gasteiger partial charge in [0.1, 0.15) is 6.04 Å². The Morgan fingerprint density at radius 1 is 1.21 bits per heavy atom. The fraction of sp³-hybridized carbons (Fsp3) is 0.300. The van der Waals surface area contributed by atoms with Crippen LogP contribution in [0.3, 0.4) is 0 Å². The second-order valence-corrected chi connectivity index (χ2v) is 6.12. The van der Waals surface area contributed by atoms with Crippen LogP contribution in [0.15, 0.2) is 55.1 Å². The van der Waals surface area contributed by atoms with Gasteiger partial charge in [0.15, 0.2) is 0 Å². The molecule has 3 rings (SSSR count). The number of likely N-dealkylation sites (tertiary alicyclic amines) is 1. The van der Waals surface area contributed by atoms with E-state index in [-0.39, 0.29) is 17.9 Å². The van der Waals surface area contributed by atoms with Crippen molar-refractivity contribution in [2.45, 2.75) is 25.3 Å². The van der Waals surface area contributed by atoms with Gasteiger partial charge in [-0.2, -0.15) is 0 Å². The molecule has 1 fully saturated rings. The largest absolute Gasteiger partial charge is 0.354 e. The minimum Gasteiger partial charge on any atom is -0.354 e. The molecular formula is C20H22N2O2. The van der Waals surface area contributed by atoms with Crippen molar-refractivity contribution in [2.24, 2.45) is 0 Å². The molecule has 4 nitrogen and oxygen atoms in total. The maximum absolute atomic E-state index is 12.3. The molecule has 1 aliphatic heterocycles. The Kier molecular flexibility index (Phi) is 4.94. The first-order valence-corrected chi connectivity index (χ1v) is 8.37. The van der Waals surface area contributed by atoms with Crippen LogP contribution in [-0.2, 0) is 16.0 Å². The molecule has 0 aliphatic carbocycles. The third kappa shape index (κ3) is 3.48. The summed E-state index contributed by atoms with van der Waals surface area (Å²) in [6, 6.07) is 14.2. The molecule has 4 heteroatoms. The summed E-state index contributed by atoms with van der Waals surface area (Å²) in [5, 5.41) is 5.39. The van der Waals surface area contributed by atoms with Crippen molar-refractivity contribution >= 4 is 22.6 Å². The van der Waals surface area contributed by atoms with E-state index in [4.69, 9.17) is 0 Å². The van der Waals surface area contributed by atoms with Gasteiger partial charge in [0.05, 0.1) is 0 Å². The second-order valence-electron chi connectivity index (χ2n) is 6.12. The Labute approximate surface area is 142 Å². The van der Waals surface area contributed by atoms with E-state index in [1.807, 2.05) is 12.1 Å². The van der Waals surface area contributed by atoms with Crippen molar-refractivity contribution in [2.75, 3.05) is 13.1 Å². The third-order valence-electron chi connectivity index (χ3n) is 4.54. The Hall–Kier alpha value is -2.62. The highest BCUT2D eigenvalue weighted by Crippen LogP contribution is 2.18. The summed E-state index contributed by atoms with van der Waals surface area (Å²) in [6.45, 7) is 4.71. The molecule has 1 aliphatic rings. The van der Waals surface area contributed by atoms with E-state index in [2.05, 4.69) is 42.2 Å². The molecule has 2 aromatic carbocycles. The first kappa shape index (κ1) is 16.2. The highest BCUT2D eigenvalue weighted by atomic mass is 16.2. The number of amides is 2. The molecule has 0 saturated carbocycles. The Bertz CT molecular complexity index is 769. The summed E-state index contributed by atoms with van der Waals surface area (Å²) in [5.41, 5.74) is 1.19. The predicted molar refractivity (Wildman–Crippen MR) is 95.6 cm³/mol. The molecule has 1 heterocycles. The molecule has 124 valence electrons. The normalized spacial score (nSPS) is 17.0. The number of hydrogen-bond acceptors (Lipinski definition) is 2. The molecule has 1 atom stereocenters. The fourth-order valence-corrected chi connectivity index (χ4v) is 3.26. The number of carbonyl (C=O) groups is 2. The van der Waals surface area contributed by atoms with Gasteiger partial charge in [0.2, 0.25) is 11.8 Å². The predicted octanol–water partition coefficient (Wildman–Crippen LogP) is 2.68. The quantitative estimate of drug-likeness (QED) is 0.861. The maximum Gasteiger partial charge on any atom is 0.246 e. The first-order valence-electron chi connectivity index (χ1n) is 8.37. The minimum atomic E-state index is -0.355. The van der Waals surface area contributed by atoms with Gasteiger partial charge in [-0.05, 0) is 41.7 Å². The zero-order chi connectivity index (χ0) is 16.9. The van der Waals surface area contributed by atoms with Gasteiger partial charge in [-0.3, -0.25) is 9.59 Å². The van der Waals surface area contributed by atoms with Crippen LogP contribution in [0.1, 0.15) is 18.4 Å². The van der Waals surface area contributed by atoms with Crippen molar-refractivity contribution in [1.29, 1.82) is 0 Å². The lowest BCUT2D eigenvalue weighted by Gasteiger charge is -2.22. The smallest absolute Gasteiger partial charge is 0.246 e. The molecule has 1 unspecified atom stereocenters. The van der Waals surface area contributed by atoms with Crippen LogP contribution < -0.4 is 5.32 Å². The Morgan fingerprint density at radius 3 is 2.79 bits per heavy atom. The molecule has 0 aromatic heterocycles. The first-order chi connectivity index (χ1) is 11.7. The van der Waals surface area contributed by atoms with E-state index in [0.29, 0.717) is 13.1 Å². The lowest BCUT2D eigenvalue weighted by atomic mass is 10.1. The SMILES string of the molecule is C=CC(=O)N1CCCC1C(=O)NCCc1ccc2ccccc2c1. The zero-order valence-corrected chi connectivity index (χ0v) is 13.7. The van der Waals surface area contributed by atoms with Crippen LogP contribution in [0.2, 0.25) is 0 Å². The van der Waals surface area contributed by atoms with Crippen molar-refractivity contribution in [3.8, 4) is 0 Å². The van der Waals surface area contributed by atoms with E-state index in [9.17, 15) is 9.59 Å². The van der Waals surface area contributed by atoms with E-state index >= 15 is 0 Å². The highest BCUT2D eigenvalue weighted by molar-refractivity contribution is 5.93. The van der Waals surface area contributed by atoms with Crippen molar-refractivity contribution in [3.63, 3.8) is 0 Å². The lowest BCUT2D eigenvalue weighted by molar-refractivity contribution is -0.135. The average Bonchev–Trinajstić information content (AvgIpc) is 3.10. The van der Waals surface area contributed by atoms with Gasteiger partial charge in [0, 0.05) is 13.1 Å². The average molecular weight is 322 g/mol. The monoisotopic (exact) mass is 322 g/mol. The molecule has 1 saturated heterocycles. The molecule has 0 spiro atoms. The van der Waals surface area contributed by atoms with Gasteiger partial charge in [-0.1, -0.05) is 49.0 Å². The van der Waals surface area contributed by atoms with E-state index in [0.717, 1.165) is 19.3 Å². The summed E-state index contributed by atoms with van der Waals surface area (Å²) >= 11 is 0. The summed E-state index contributed by atoms with van der Waals surface area (Å²) < 4.78 is 0. The van der Waals surface area contributed by atoms with E-state index in [1.165, 1.54) is 22.4 Å². The van der Waals surface area contributed by atoms with Gasteiger partial charge in [0.25, 0.3) is 0 Å². The van der Waals surface area contributed by atoms with Gasteiger partial charge in [-0.15, -0.1) is 0 Å². The number of hydrogen-bond donors (Lipinski definition) is 1. The van der Waals surface area contributed by atoms with Gasteiger partial charge in [-0.25, -0.2) is 0 Å². The number of nitrogens with one attached hydrogen (secondary N) is 1. The number of rotatable bonds is 5. The number of benzene rings is 2. The summed E-state index contributed by atoms with van der Waals surface area (Å²) in [6.07, 6.45) is 3.64. The van der Waals surface area contributed by atoms with Crippen molar-refractivity contribution < 1.29 is 9.59 Å². The summed E-state index contributed by atoms with van der Waals surface area (Å²) in [5.74, 6) is -0.231. The molecule has 2 amide bonds. The van der Waals surface area contributed by atoms with Crippen molar-refractivity contribution in [3.05, 3.63) is 60.7 Å². The number of nitrogens with zero attached hydrogens (tertiary/aromatic N) is 1. The van der Waals surface area contributed by atoms with E-state index in [1.54, 1.807) is 4.90 Å². The zero-order valence-electron chi connectivity index (χ0n) is 13.7. The molecule has 1 N–H and O–H groups in total. The molecule has 2 aromatic rings. The molecule has 0 radical (unpaired) electrons. The molecular weight excluding hydrogens is 300 g/mol.